The van der Waals surface area contributed by atoms with Crippen LogP contribution < -0.4 is 0 Å². The van der Waals surface area contributed by atoms with Crippen molar-refractivity contribution >= 4 is 11.0 Å². The second kappa shape index (κ2) is 2.91. The number of para-hydroxylation sites is 1. The fourth-order valence-electron chi connectivity index (χ4n) is 3.29. The molecular formula is C14H13FO2. The van der Waals surface area contributed by atoms with Gasteiger partial charge in [-0.15, -0.1) is 0 Å². The molecule has 1 aromatic carbocycles. The van der Waals surface area contributed by atoms with E-state index in [1.807, 2.05) is 6.07 Å². The zero-order valence-electron chi connectivity index (χ0n) is 9.32. The van der Waals surface area contributed by atoms with Gasteiger partial charge in [-0.05, 0) is 43.2 Å². The SMILES string of the molecule is OC1(c2cc3cccc(F)c3o2)CCC2CC21. The largest absolute Gasteiger partial charge is 0.455 e. The second-order valence-corrected chi connectivity index (χ2v) is 5.33. The Labute approximate surface area is 98.0 Å². The van der Waals surface area contributed by atoms with Gasteiger partial charge in [-0.3, -0.25) is 0 Å². The molecule has 2 nitrogen and oxygen atoms in total. The molecule has 0 bridgehead atoms. The summed E-state index contributed by atoms with van der Waals surface area (Å²) in [5, 5.41) is 11.4. The van der Waals surface area contributed by atoms with Gasteiger partial charge in [0.1, 0.15) is 11.4 Å². The fraction of sp³-hybridized carbons (Fsp3) is 0.429. The number of furan rings is 1. The summed E-state index contributed by atoms with van der Waals surface area (Å²) in [5.74, 6) is 1.16. The van der Waals surface area contributed by atoms with Gasteiger partial charge >= 0.3 is 0 Å². The second-order valence-electron chi connectivity index (χ2n) is 5.33. The number of benzene rings is 1. The van der Waals surface area contributed by atoms with Crippen LogP contribution in [0.4, 0.5) is 4.39 Å². The molecule has 3 unspecified atom stereocenters. The Morgan fingerprint density at radius 3 is 2.94 bits per heavy atom. The first-order chi connectivity index (χ1) is 8.18. The van der Waals surface area contributed by atoms with E-state index in [0.717, 1.165) is 24.6 Å². The van der Waals surface area contributed by atoms with Crippen LogP contribution in [0.1, 0.15) is 25.0 Å². The molecular weight excluding hydrogens is 219 g/mol. The lowest BCUT2D eigenvalue weighted by Gasteiger charge is -2.21. The molecule has 0 radical (unpaired) electrons. The predicted octanol–water partition coefficient (Wildman–Crippen LogP) is 3.19. The Morgan fingerprint density at radius 1 is 1.41 bits per heavy atom. The Bertz CT molecular complexity index is 603. The maximum absolute atomic E-state index is 13.5. The first kappa shape index (κ1) is 9.66. The van der Waals surface area contributed by atoms with Crippen molar-refractivity contribution in [1.82, 2.24) is 0 Å². The van der Waals surface area contributed by atoms with E-state index in [9.17, 15) is 9.50 Å². The van der Waals surface area contributed by atoms with Gasteiger partial charge in [-0.2, -0.15) is 0 Å². The molecule has 1 aromatic heterocycles. The first-order valence-electron chi connectivity index (χ1n) is 6.09. The van der Waals surface area contributed by atoms with Gasteiger partial charge < -0.3 is 9.52 Å². The predicted molar refractivity (Wildman–Crippen MR) is 60.9 cm³/mol. The summed E-state index contributed by atoms with van der Waals surface area (Å²) in [6, 6.07) is 6.65. The molecule has 1 heterocycles. The first-order valence-corrected chi connectivity index (χ1v) is 6.09. The molecule has 2 saturated carbocycles. The van der Waals surface area contributed by atoms with E-state index in [1.54, 1.807) is 12.1 Å². The third-order valence-electron chi connectivity index (χ3n) is 4.36. The number of rotatable bonds is 1. The van der Waals surface area contributed by atoms with Crippen molar-refractivity contribution in [2.75, 3.05) is 0 Å². The van der Waals surface area contributed by atoms with Crippen molar-refractivity contribution in [2.45, 2.75) is 24.9 Å². The monoisotopic (exact) mass is 232 g/mol. The molecule has 0 saturated heterocycles. The number of hydrogen-bond acceptors (Lipinski definition) is 2. The molecule has 2 aliphatic rings. The Hall–Kier alpha value is -1.35. The highest BCUT2D eigenvalue weighted by molar-refractivity contribution is 5.78. The molecule has 2 aromatic rings. The Kier molecular flexibility index (Phi) is 1.65. The lowest BCUT2D eigenvalue weighted by molar-refractivity contribution is 0.000800. The Balaban J connectivity index is 1.89. The van der Waals surface area contributed by atoms with E-state index in [-0.39, 0.29) is 11.4 Å². The summed E-state index contributed by atoms with van der Waals surface area (Å²) in [4.78, 5) is 0. The highest BCUT2D eigenvalue weighted by Crippen LogP contribution is 2.61. The molecule has 0 aliphatic heterocycles. The van der Waals surface area contributed by atoms with Crippen LogP contribution in [0.15, 0.2) is 28.7 Å². The van der Waals surface area contributed by atoms with Gasteiger partial charge in [0.15, 0.2) is 11.4 Å². The maximum Gasteiger partial charge on any atom is 0.170 e. The van der Waals surface area contributed by atoms with Crippen LogP contribution in [-0.2, 0) is 5.60 Å². The van der Waals surface area contributed by atoms with Crippen LogP contribution in [0.5, 0.6) is 0 Å². The molecule has 1 N–H and O–H groups in total. The Morgan fingerprint density at radius 2 is 2.29 bits per heavy atom. The van der Waals surface area contributed by atoms with Gasteiger partial charge in [0.25, 0.3) is 0 Å². The molecule has 88 valence electrons. The molecule has 0 amide bonds. The molecule has 3 heteroatoms. The summed E-state index contributed by atoms with van der Waals surface area (Å²) in [5.41, 5.74) is -0.587. The van der Waals surface area contributed by atoms with Crippen LogP contribution in [0, 0.1) is 17.7 Å². The van der Waals surface area contributed by atoms with Crippen LogP contribution >= 0.6 is 0 Å². The van der Waals surface area contributed by atoms with Crippen molar-refractivity contribution in [3.63, 3.8) is 0 Å². The maximum atomic E-state index is 13.5. The molecule has 2 aliphatic carbocycles. The topological polar surface area (TPSA) is 33.4 Å². The summed E-state index contributed by atoms with van der Waals surface area (Å²) >= 11 is 0. The quantitative estimate of drug-likeness (QED) is 0.819. The van der Waals surface area contributed by atoms with E-state index < -0.39 is 5.60 Å². The van der Waals surface area contributed by atoms with E-state index in [4.69, 9.17) is 4.42 Å². The van der Waals surface area contributed by atoms with Crippen LogP contribution in [0.25, 0.3) is 11.0 Å². The third kappa shape index (κ3) is 1.18. The standard InChI is InChI=1S/C14H13FO2/c15-11-3-1-2-9-7-12(17-13(9)11)14(16)5-4-8-6-10(8)14/h1-3,7-8,10,16H,4-6H2. The smallest absolute Gasteiger partial charge is 0.170 e. The highest BCUT2D eigenvalue weighted by Gasteiger charge is 2.59. The van der Waals surface area contributed by atoms with Gasteiger partial charge in [0.05, 0.1) is 0 Å². The summed E-state index contributed by atoms with van der Waals surface area (Å²) < 4.78 is 19.1. The average molecular weight is 232 g/mol. The van der Waals surface area contributed by atoms with E-state index in [2.05, 4.69) is 0 Å². The van der Waals surface area contributed by atoms with Gasteiger partial charge in [0.2, 0.25) is 0 Å². The van der Waals surface area contributed by atoms with E-state index >= 15 is 0 Å². The molecule has 0 spiro atoms. The summed E-state index contributed by atoms with van der Waals surface area (Å²) in [6.45, 7) is 0. The van der Waals surface area contributed by atoms with E-state index in [1.165, 1.54) is 6.07 Å². The number of fused-ring (bicyclic) bond motifs is 2. The fourth-order valence-corrected chi connectivity index (χ4v) is 3.29. The zero-order chi connectivity index (χ0) is 11.6. The zero-order valence-corrected chi connectivity index (χ0v) is 9.32. The van der Waals surface area contributed by atoms with Crippen LogP contribution in [0.3, 0.4) is 0 Å². The van der Waals surface area contributed by atoms with Crippen LogP contribution in [0.2, 0.25) is 0 Å². The van der Waals surface area contributed by atoms with Crippen molar-refractivity contribution < 1.29 is 13.9 Å². The minimum atomic E-state index is -0.851. The third-order valence-corrected chi connectivity index (χ3v) is 4.36. The minimum Gasteiger partial charge on any atom is -0.455 e. The van der Waals surface area contributed by atoms with Crippen molar-refractivity contribution in [2.24, 2.45) is 11.8 Å². The van der Waals surface area contributed by atoms with E-state index in [0.29, 0.717) is 17.6 Å². The van der Waals surface area contributed by atoms with Crippen molar-refractivity contribution in [3.05, 3.63) is 35.8 Å². The number of hydrogen-bond donors (Lipinski definition) is 1. The van der Waals surface area contributed by atoms with Gasteiger partial charge in [-0.1, -0.05) is 12.1 Å². The normalized spacial score (nSPS) is 35.2. The van der Waals surface area contributed by atoms with Crippen LogP contribution in [-0.4, -0.2) is 5.11 Å². The highest BCUT2D eigenvalue weighted by atomic mass is 19.1. The van der Waals surface area contributed by atoms with Crippen molar-refractivity contribution in [1.29, 1.82) is 0 Å². The lowest BCUT2D eigenvalue weighted by atomic mass is 9.94. The lowest BCUT2D eigenvalue weighted by Crippen LogP contribution is -2.24. The number of halogens is 1. The van der Waals surface area contributed by atoms with Crippen molar-refractivity contribution in [3.8, 4) is 0 Å². The average Bonchev–Trinajstić information content (AvgIpc) is 2.84. The number of aliphatic hydroxyl groups is 1. The molecule has 2 fully saturated rings. The molecule has 4 rings (SSSR count). The summed E-state index contributed by atoms with van der Waals surface area (Å²) in [6.07, 6.45) is 2.88. The van der Waals surface area contributed by atoms with Gasteiger partial charge in [-0.25, -0.2) is 4.39 Å². The molecule has 3 atom stereocenters. The summed E-state index contributed by atoms with van der Waals surface area (Å²) in [7, 11) is 0. The minimum absolute atomic E-state index is 0.264. The molecule has 17 heavy (non-hydrogen) atoms. The van der Waals surface area contributed by atoms with Gasteiger partial charge in [0, 0.05) is 5.39 Å².